The summed E-state index contributed by atoms with van der Waals surface area (Å²) in [5, 5.41) is 11.7. The van der Waals surface area contributed by atoms with Crippen molar-refractivity contribution in [1.82, 2.24) is 10.2 Å². The molecule has 1 amide bonds. The van der Waals surface area contributed by atoms with Gasteiger partial charge in [-0.2, -0.15) is 0 Å². The minimum atomic E-state index is -0.744. The zero-order chi connectivity index (χ0) is 12.4. The second-order valence-corrected chi connectivity index (χ2v) is 5.21. The molecule has 2 N–H and O–H groups in total. The molecule has 96 valence electrons. The number of nitrogens with zero attached hydrogens (tertiary/aromatic N) is 1. The molecule has 0 radical (unpaired) electrons. The van der Waals surface area contributed by atoms with Gasteiger partial charge >= 0.3 is 5.97 Å². The van der Waals surface area contributed by atoms with Crippen LogP contribution in [0, 0.1) is 5.92 Å². The van der Waals surface area contributed by atoms with Gasteiger partial charge in [-0.05, 0) is 38.6 Å². The molecule has 0 aromatic carbocycles. The molecule has 2 aliphatic rings. The predicted molar refractivity (Wildman–Crippen MR) is 62.6 cm³/mol. The number of nitrogens with one attached hydrogen (secondary N) is 1. The maximum absolute atomic E-state index is 11.8. The third kappa shape index (κ3) is 3.43. The number of hydrogen-bond donors (Lipinski definition) is 2. The predicted octanol–water partition coefficient (Wildman–Crippen LogP) is 0.450. The largest absolute Gasteiger partial charge is 0.481 e. The first-order valence-electron chi connectivity index (χ1n) is 6.32. The van der Waals surface area contributed by atoms with Gasteiger partial charge in [0.15, 0.2) is 0 Å². The lowest BCUT2D eigenvalue weighted by molar-refractivity contribution is -0.138. The van der Waals surface area contributed by atoms with Crippen molar-refractivity contribution in [3.05, 3.63) is 0 Å². The van der Waals surface area contributed by atoms with Gasteiger partial charge in [0, 0.05) is 19.0 Å². The summed E-state index contributed by atoms with van der Waals surface area (Å²) in [5.74, 6) is -0.459. The summed E-state index contributed by atoms with van der Waals surface area (Å²) in [5.41, 5.74) is 0. The topological polar surface area (TPSA) is 69.6 Å². The summed E-state index contributed by atoms with van der Waals surface area (Å²) in [6.45, 7) is 3.46. The first-order chi connectivity index (χ1) is 8.06. The van der Waals surface area contributed by atoms with Gasteiger partial charge in [0.2, 0.25) is 5.91 Å². The molecule has 1 saturated carbocycles. The van der Waals surface area contributed by atoms with Crippen molar-refractivity contribution in [2.75, 3.05) is 13.1 Å². The fourth-order valence-corrected chi connectivity index (χ4v) is 2.34. The maximum atomic E-state index is 11.8. The van der Waals surface area contributed by atoms with E-state index in [4.69, 9.17) is 5.11 Å². The Morgan fingerprint density at radius 3 is 2.71 bits per heavy atom. The lowest BCUT2D eigenvalue weighted by atomic mass is 10.1. The first kappa shape index (κ1) is 12.4. The van der Waals surface area contributed by atoms with Crippen LogP contribution in [0.25, 0.3) is 0 Å². The van der Waals surface area contributed by atoms with E-state index in [0.717, 1.165) is 32.4 Å². The lowest BCUT2D eigenvalue weighted by Gasteiger charge is -2.23. The van der Waals surface area contributed by atoms with Gasteiger partial charge in [0.05, 0.1) is 6.04 Å². The third-order valence-electron chi connectivity index (χ3n) is 3.63. The van der Waals surface area contributed by atoms with Gasteiger partial charge < -0.3 is 10.4 Å². The van der Waals surface area contributed by atoms with Crippen LogP contribution in [0.4, 0.5) is 0 Å². The third-order valence-corrected chi connectivity index (χ3v) is 3.63. The normalized spacial score (nSPS) is 26.8. The fraction of sp³-hybridized carbons (Fsp3) is 0.833. The molecule has 2 unspecified atom stereocenters. The zero-order valence-electron chi connectivity index (χ0n) is 10.2. The van der Waals surface area contributed by atoms with E-state index in [1.54, 1.807) is 0 Å². The molecule has 5 heteroatoms. The summed E-state index contributed by atoms with van der Waals surface area (Å²) in [6.07, 6.45) is 3.29. The molecule has 0 aromatic rings. The van der Waals surface area contributed by atoms with E-state index in [1.807, 2.05) is 6.92 Å². The van der Waals surface area contributed by atoms with Crippen LogP contribution in [0.5, 0.6) is 0 Å². The number of carbonyl (C=O) groups is 2. The van der Waals surface area contributed by atoms with Crippen molar-refractivity contribution < 1.29 is 14.7 Å². The van der Waals surface area contributed by atoms with Crippen molar-refractivity contribution in [1.29, 1.82) is 0 Å². The van der Waals surface area contributed by atoms with Crippen LogP contribution >= 0.6 is 0 Å². The van der Waals surface area contributed by atoms with Crippen LogP contribution < -0.4 is 5.32 Å². The van der Waals surface area contributed by atoms with E-state index in [-0.39, 0.29) is 24.3 Å². The highest BCUT2D eigenvalue weighted by atomic mass is 16.4. The molecule has 0 spiro atoms. The molecule has 2 fully saturated rings. The fourth-order valence-electron chi connectivity index (χ4n) is 2.34. The maximum Gasteiger partial charge on any atom is 0.303 e. The minimum Gasteiger partial charge on any atom is -0.481 e. The number of likely N-dealkylation sites (tertiary alicyclic amines) is 1. The SMILES string of the molecule is CC(C(=O)NC1CC1)N1CCC(CC(=O)O)C1. The highest BCUT2D eigenvalue weighted by molar-refractivity contribution is 5.81. The molecule has 0 bridgehead atoms. The summed E-state index contributed by atoms with van der Waals surface area (Å²) in [6, 6.07) is 0.261. The van der Waals surface area contributed by atoms with Crippen molar-refractivity contribution in [2.45, 2.75) is 44.7 Å². The molecular weight excluding hydrogens is 220 g/mol. The average Bonchev–Trinajstić information content (AvgIpc) is 2.94. The smallest absolute Gasteiger partial charge is 0.303 e. The van der Waals surface area contributed by atoms with E-state index in [0.29, 0.717) is 6.04 Å². The minimum absolute atomic E-state index is 0.0866. The van der Waals surface area contributed by atoms with Crippen molar-refractivity contribution in [3.8, 4) is 0 Å². The standard InChI is InChI=1S/C12H20N2O3/c1-8(12(17)13-10-2-3-10)14-5-4-9(7-14)6-11(15)16/h8-10H,2-7H2,1H3,(H,13,17)(H,15,16). The average molecular weight is 240 g/mol. The Labute approximate surface area is 101 Å². The van der Waals surface area contributed by atoms with E-state index >= 15 is 0 Å². The Bertz CT molecular complexity index is 315. The van der Waals surface area contributed by atoms with Crippen LogP contribution in [0.15, 0.2) is 0 Å². The van der Waals surface area contributed by atoms with Gasteiger partial charge in [-0.1, -0.05) is 0 Å². The monoisotopic (exact) mass is 240 g/mol. The zero-order valence-corrected chi connectivity index (χ0v) is 10.2. The molecule has 0 aromatic heterocycles. The number of carboxylic acids is 1. The molecule has 17 heavy (non-hydrogen) atoms. The van der Waals surface area contributed by atoms with E-state index in [9.17, 15) is 9.59 Å². The van der Waals surface area contributed by atoms with Gasteiger partial charge in [0.25, 0.3) is 0 Å². The molecule has 5 nitrogen and oxygen atoms in total. The van der Waals surface area contributed by atoms with Crippen LogP contribution in [0.3, 0.4) is 0 Å². The lowest BCUT2D eigenvalue weighted by Crippen LogP contribution is -2.44. The van der Waals surface area contributed by atoms with E-state index < -0.39 is 5.97 Å². The quantitative estimate of drug-likeness (QED) is 0.732. The second kappa shape index (κ2) is 5.04. The van der Waals surface area contributed by atoms with Crippen LogP contribution in [0.1, 0.15) is 32.6 Å². The molecule has 2 atom stereocenters. The second-order valence-electron chi connectivity index (χ2n) is 5.21. The number of carbonyl (C=O) groups excluding carboxylic acids is 1. The summed E-state index contributed by atoms with van der Waals surface area (Å²) >= 11 is 0. The number of rotatable bonds is 5. The number of amides is 1. The Kier molecular flexibility index (Phi) is 3.66. The van der Waals surface area contributed by atoms with Crippen molar-refractivity contribution in [3.63, 3.8) is 0 Å². The van der Waals surface area contributed by atoms with Gasteiger partial charge in [0.1, 0.15) is 0 Å². The Morgan fingerprint density at radius 2 is 2.12 bits per heavy atom. The Morgan fingerprint density at radius 1 is 1.41 bits per heavy atom. The summed E-state index contributed by atoms with van der Waals surface area (Å²) in [4.78, 5) is 24.6. The molecule has 1 aliphatic heterocycles. The molecule has 1 aliphatic carbocycles. The van der Waals surface area contributed by atoms with Crippen LogP contribution in [-0.4, -0.2) is 47.1 Å². The number of carboxylic acid groups (broad SMARTS) is 1. The molecule has 1 heterocycles. The first-order valence-corrected chi connectivity index (χ1v) is 6.32. The molecule has 1 saturated heterocycles. The van der Waals surface area contributed by atoms with Crippen LogP contribution in [-0.2, 0) is 9.59 Å². The summed E-state index contributed by atoms with van der Waals surface area (Å²) < 4.78 is 0. The van der Waals surface area contributed by atoms with E-state index in [1.165, 1.54) is 0 Å². The number of hydrogen-bond acceptors (Lipinski definition) is 3. The summed E-state index contributed by atoms with van der Waals surface area (Å²) in [7, 11) is 0. The van der Waals surface area contributed by atoms with Crippen LogP contribution in [0.2, 0.25) is 0 Å². The van der Waals surface area contributed by atoms with Gasteiger partial charge in [-0.25, -0.2) is 0 Å². The Balaban J connectivity index is 1.78. The Hall–Kier alpha value is -1.10. The van der Waals surface area contributed by atoms with Crippen molar-refractivity contribution >= 4 is 11.9 Å². The van der Waals surface area contributed by atoms with Crippen molar-refractivity contribution in [2.24, 2.45) is 5.92 Å². The van der Waals surface area contributed by atoms with Gasteiger partial charge in [-0.3, -0.25) is 14.5 Å². The molecule has 2 rings (SSSR count). The van der Waals surface area contributed by atoms with Gasteiger partial charge in [-0.15, -0.1) is 0 Å². The van der Waals surface area contributed by atoms with E-state index in [2.05, 4.69) is 10.2 Å². The molecular formula is C12H20N2O3. The highest BCUT2D eigenvalue weighted by Gasteiger charge is 2.32. The highest BCUT2D eigenvalue weighted by Crippen LogP contribution is 2.23. The number of aliphatic carboxylic acids is 1.